The quantitative estimate of drug-likeness (QED) is 0.719. The van der Waals surface area contributed by atoms with E-state index in [2.05, 4.69) is 8.37 Å². The lowest BCUT2D eigenvalue weighted by atomic mass is 10.2. The Hall–Kier alpha value is -1.83. The van der Waals surface area contributed by atoms with E-state index in [1.807, 2.05) is 0 Å². The zero-order valence-electron chi connectivity index (χ0n) is 8.39. The third-order valence-corrected chi connectivity index (χ3v) is 2.72. The van der Waals surface area contributed by atoms with Gasteiger partial charge in [0.2, 0.25) is 5.75 Å². The summed E-state index contributed by atoms with van der Waals surface area (Å²) in [5.41, 5.74) is 11.4. The highest BCUT2D eigenvalue weighted by Crippen LogP contribution is 2.47. The largest absolute Gasteiger partial charge is 0.501 e. The molecule has 0 unspecified atom stereocenters. The second-order valence-corrected chi connectivity index (χ2v) is 4.19. The summed E-state index contributed by atoms with van der Waals surface area (Å²) in [4.78, 5) is 0. The molecule has 88 valence electrons. The molecule has 8 heteroatoms. The normalized spacial score (nSPS) is 16.1. The van der Waals surface area contributed by atoms with E-state index in [0.717, 1.165) is 0 Å². The van der Waals surface area contributed by atoms with Crippen molar-refractivity contribution in [2.24, 2.45) is 0 Å². The molecule has 2 rings (SSSR count). The van der Waals surface area contributed by atoms with Gasteiger partial charge in [0, 0.05) is 6.07 Å². The molecular formula is C8H10N2O5S. The van der Waals surface area contributed by atoms with Gasteiger partial charge < -0.3 is 24.6 Å². The van der Waals surface area contributed by atoms with Gasteiger partial charge in [-0.1, -0.05) is 0 Å². The van der Waals surface area contributed by atoms with Gasteiger partial charge in [-0.2, -0.15) is 0 Å². The minimum atomic E-state index is -4.07. The van der Waals surface area contributed by atoms with Crippen molar-refractivity contribution in [2.75, 3.05) is 18.1 Å². The fraction of sp³-hybridized carbons (Fsp3) is 0.250. The van der Waals surface area contributed by atoms with E-state index in [9.17, 15) is 8.42 Å². The molecule has 0 aliphatic carbocycles. The van der Waals surface area contributed by atoms with Crippen LogP contribution in [-0.4, -0.2) is 15.0 Å². The lowest BCUT2D eigenvalue weighted by molar-refractivity contribution is 0.341. The number of hydrogen-bond acceptors (Lipinski definition) is 7. The number of hydrogen-bond donors (Lipinski definition) is 2. The van der Waals surface area contributed by atoms with Gasteiger partial charge in [0.25, 0.3) is 0 Å². The molecule has 16 heavy (non-hydrogen) atoms. The Bertz CT molecular complexity index is 540. The highest BCUT2D eigenvalue weighted by molar-refractivity contribution is 7.82. The summed E-state index contributed by atoms with van der Waals surface area (Å²) in [6, 6.07) is 1.33. The van der Waals surface area contributed by atoms with Crippen LogP contribution in [0.2, 0.25) is 0 Å². The maximum absolute atomic E-state index is 11.0. The Morgan fingerprint density at radius 1 is 1.31 bits per heavy atom. The molecule has 0 bridgehead atoms. The maximum Gasteiger partial charge on any atom is 0.501 e. The number of ether oxygens (including phenoxy) is 1. The summed E-state index contributed by atoms with van der Waals surface area (Å²) in [6.45, 7) is 2.13. The monoisotopic (exact) mass is 246 g/mol. The molecule has 0 fully saturated rings. The van der Waals surface area contributed by atoms with Crippen LogP contribution in [-0.2, 0) is 10.4 Å². The fourth-order valence-electron chi connectivity index (χ4n) is 1.30. The van der Waals surface area contributed by atoms with Crippen molar-refractivity contribution >= 4 is 21.8 Å². The minimum Gasteiger partial charge on any atom is -0.491 e. The molecule has 1 heterocycles. The smallest absolute Gasteiger partial charge is 0.491 e. The summed E-state index contributed by atoms with van der Waals surface area (Å²) < 4.78 is 36.3. The first-order valence-corrected chi connectivity index (χ1v) is 5.76. The summed E-state index contributed by atoms with van der Waals surface area (Å²) in [5.74, 6) is 0.149. The van der Waals surface area contributed by atoms with Crippen LogP contribution in [0.1, 0.15) is 6.92 Å². The van der Waals surface area contributed by atoms with Crippen LogP contribution in [0.15, 0.2) is 6.07 Å². The molecule has 0 radical (unpaired) electrons. The second kappa shape index (κ2) is 3.34. The van der Waals surface area contributed by atoms with Crippen LogP contribution in [0.3, 0.4) is 0 Å². The number of nitrogen functional groups attached to an aromatic ring is 2. The first kappa shape index (κ1) is 10.7. The van der Waals surface area contributed by atoms with Crippen LogP contribution in [0.25, 0.3) is 0 Å². The van der Waals surface area contributed by atoms with Gasteiger partial charge in [-0.05, 0) is 6.92 Å². The lowest BCUT2D eigenvalue weighted by Crippen LogP contribution is -2.08. The lowest BCUT2D eigenvalue weighted by Gasteiger charge is -2.09. The molecule has 7 nitrogen and oxygen atoms in total. The van der Waals surface area contributed by atoms with Gasteiger partial charge in [0.05, 0.1) is 6.61 Å². The van der Waals surface area contributed by atoms with E-state index in [1.54, 1.807) is 6.92 Å². The minimum absolute atomic E-state index is 0.0120. The van der Waals surface area contributed by atoms with E-state index in [1.165, 1.54) is 6.07 Å². The third-order valence-electron chi connectivity index (χ3n) is 1.96. The van der Waals surface area contributed by atoms with E-state index in [-0.39, 0.29) is 28.6 Å². The van der Waals surface area contributed by atoms with E-state index in [0.29, 0.717) is 6.61 Å². The Kier molecular flexibility index (Phi) is 2.23. The second-order valence-electron chi connectivity index (χ2n) is 3.04. The predicted octanol–water partition coefficient (Wildman–Crippen LogP) is 0.266. The Morgan fingerprint density at radius 3 is 2.62 bits per heavy atom. The van der Waals surface area contributed by atoms with Gasteiger partial charge in [0.15, 0.2) is 5.75 Å². The molecule has 0 amide bonds. The summed E-state index contributed by atoms with van der Waals surface area (Å²) in [6.07, 6.45) is 0. The predicted molar refractivity (Wildman–Crippen MR) is 56.6 cm³/mol. The molecule has 0 saturated carbocycles. The first-order valence-electron chi connectivity index (χ1n) is 4.43. The van der Waals surface area contributed by atoms with Crippen LogP contribution < -0.4 is 24.6 Å². The number of nitrogens with two attached hydrogens (primary N) is 2. The van der Waals surface area contributed by atoms with E-state index >= 15 is 0 Å². The molecule has 1 aromatic carbocycles. The number of anilines is 2. The van der Waals surface area contributed by atoms with Gasteiger partial charge in [0.1, 0.15) is 17.1 Å². The molecule has 1 aliphatic rings. The van der Waals surface area contributed by atoms with Crippen molar-refractivity contribution in [1.29, 1.82) is 0 Å². The van der Waals surface area contributed by atoms with E-state index < -0.39 is 10.4 Å². The van der Waals surface area contributed by atoms with Crippen molar-refractivity contribution in [3.8, 4) is 17.2 Å². The van der Waals surface area contributed by atoms with Crippen molar-refractivity contribution in [3.05, 3.63) is 6.07 Å². The molecule has 0 atom stereocenters. The van der Waals surface area contributed by atoms with Crippen LogP contribution in [0.4, 0.5) is 11.4 Å². The Morgan fingerprint density at radius 2 is 2.00 bits per heavy atom. The van der Waals surface area contributed by atoms with Gasteiger partial charge in [-0.25, -0.2) is 0 Å². The highest BCUT2D eigenvalue weighted by atomic mass is 32.3. The van der Waals surface area contributed by atoms with Crippen molar-refractivity contribution in [3.63, 3.8) is 0 Å². The van der Waals surface area contributed by atoms with Crippen LogP contribution in [0.5, 0.6) is 17.2 Å². The fourth-order valence-corrected chi connectivity index (χ4v) is 2.06. The topological polar surface area (TPSA) is 114 Å². The zero-order valence-corrected chi connectivity index (χ0v) is 9.21. The van der Waals surface area contributed by atoms with Crippen molar-refractivity contribution in [2.45, 2.75) is 6.92 Å². The Labute approximate surface area is 92.2 Å². The maximum atomic E-state index is 11.0. The number of rotatable bonds is 2. The molecule has 0 saturated heterocycles. The third kappa shape index (κ3) is 1.56. The Balaban J connectivity index is 2.57. The van der Waals surface area contributed by atoms with Crippen molar-refractivity contribution in [1.82, 2.24) is 0 Å². The van der Waals surface area contributed by atoms with E-state index in [4.69, 9.17) is 16.2 Å². The van der Waals surface area contributed by atoms with Crippen molar-refractivity contribution < 1.29 is 21.5 Å². The molecular weight excluding hydrogens is 236 g/mol. The van der Waals surface area contributed by atoms with Gasteiger partial charge in [-0.15, -0.1) is 8.42 Å². The van der Waals surface area contributed by atoms with Gasteiger partial charge in [-0.3, -0.25) is 0 Å². The SMILES string of the molecule is CCOc1cc2c(c(N)c1N)OS(=O)(=O)O2. The first-order chi connectivity index (χ1) is 7.44. The summed E-state index contributed by atoms with van der Waals surface area (Å²) in [5, 5.41) is 0. The number of fused-ring (bicyclic) bond motifs is 1. The number of benzene rings is 1. The molecule has 0 spiro atoms. The summed E-state index contributed by atoms with van der Waals surface area (Å²) >= 11 is 0. The van der Waals surface area contributed by atoms with Crippen LogP contribution >= 0.6 is 0 Å². The standard InChI is InChI=1S/C8H10N2O5S/c1-2-13-4-3-5-8(7(10)6(4)9)15-16(11,12)14-5/h3H,2,9-10H2,1H3. The van der Waals surface area contributed by atoms with Crippen LogP contribution in [0, 0.1) is 0 Å². The molecule has 4 N–H and O–H groups in total. The average molecular weight is 246 g/mol. The molecule has 1 aliphatic heterocycles. The summed E-state index contributed by atoms with van der Waals surface area (Å²) in [7, 11) is -4.07. The zero-order chi connectivity index (χ0) is 11.9. The molecule has 0 aromatic heterocycles. The van der Waals surface area contributed by atoms with Gasteiger partial charge >= 0.3 is 10.4 Å². The average Bonchev–Trinajstić information content (AvgIpc) is 2.50. The highest BCUT2D eigenvalue weighted by Gasteiger charge is 2.33. The molecule has 1 aromatic rings.